The van der Waals surface area contributed by atoms with Gasteiger partial charge in [-0.3, -0.25) is 15.0 Å². The second-order valence-corrected chi connectivity index (χ2v) is 19.0. The molecule has 0 aliphatic heterocycles. The molecule has 0 aromatic heterocycles. The van der Waals surface area contributed by atoms with E-state index in [0.717, 1.165) is 43.4 Å². The van der Waals surface area contributed by atoms with Gasteiger partial charge >= 0.3 is 0 Å². The van der Waals surface area contributed by atoms with Crippen molar-refractivity contribution < 1.29 is 9.59 Å². The van der Waals surface area contributed by atoms with Gasteiger partial charge in [-0.25, -0.2) is 5.84 Å². The summed E-state index contributed by atoms with van der Waals surface area (Å²) in [4.78, 5) is 27.1. The van der Waals surface area contributed by atoms with Crippen LogP contribution in [0.5, 0.6) is 0 Å². The average molecular weight is 593 g/mol. The molecule has 4 nitrogen and oxygen atoms in total. The lowest BCUT2D eigenvalue weighted by molar-refractivity contribution is -0.240. The van der Waals surface area contributed by atoms with Crippen LogP contribution in [0.4, 0.5) is 0 Å². The summed E-state index contributed by atoms with van der Waals surface area (Å²) in [6.07, 6.45) is 13.9. The van der Waals surface area contributed by atoms with Gasteiger partial charge in [-0.2, -0.15) is 0 Å². The maximum Gasteiger partial charge on any atom is 0.237 e. The van der Waals surface area contributed by atoms with Gasteiger partial charge in [0, 0.05) is 17.8 Å². The van der Waals surface area contributed by atoms with E-state index >= 15 is 0 Å². The van der Waals surface area contributed by atoms with Crippen LogP contribution in [-0.4, -0.2) is 11.7 Å². The number of rotatable bonds is 5. The molecule has 0 bridgehead atoms. The molecule has 12 atom stereocenters. The van der Waals surface area contributed by atoms with Gasteiger partial charge in [0.25, 0.3) is 0 Å². The largest absolute Gasteiger partial charge is 0.299 e. The molecule has 1 amide bonds. The van der Waals surface area contributed by atoms with E-state index in [1.54, 1.807) is 0 Å². The Hall–Kier alpha value is -1.16. The van der Waals surface area contributed by atoms with E-state index in [0.29, 0.717) is 46.2 Å². The highest BCUT2D eigenvalue weighted by atomic mass is 16.2. The van der Waals surface area contributed by atoms with Crippen molar-refractivity contribution in [2.45, 2.75) is 139 Å². The quantitative estimate of drug-likeness (QED) is 0.145. The highest BCUT2D eigenvalue weighted by Crippen LogP contribution is 2.78. The molecule has 0 heterocycles. The first-order chi connectivity index (χ1) is 19.9. The molecule has 6 saturated carbocycles. The van der Waals surface area contributed by atoms with E-state index in [1.165, 1.54) is 50.5 Å². The minimum absolute atomic E-state index is 0.0781. The molecule has 43 heavy (non-hydrogen) atoms. The van der Waals surface area contributed by atoms with Crippen molar-refractivity contribution in [2.75, 3.05) is 0 Å². The molecule has 0 aromatic rings. The fourth-order valence-corrected chi connectivity index (χ4v) is 14.1. The number of amides is 1. The van der Waals surface area contributed by atoms with Crippen molar-refractivity contribution in [2.24, 2.45) is 85.7 Å². The second-order valence-electron chi connectivity index (χ2n) is 19.0. The predicted molar refractivity (Wildman–Crippen MR) is 175 cm³/mol. The van der Waals surface area contributed by atoms with Crippen LogP contribution >= 0.6 is 0 Å². The molecular weight excluding hydrogens is 528 g/mol. The number of hydrogen-bond donors (Lipinski definition) is 2. The smallest absolute Gasteiger partial charge is 0.237 e. The molecule has 0 aromatic carbocycles. The van der Waals surface area contributed by atoms with Crippen LogP contribution in [0.25, 0.3) is 0 Å². The summed E-state index contributed by atoms with van der Waals surface area (Å²) < 4.78 is 0. The first-order valence-electron chi connectivity index (χ1n) is 18.1. The molecule has 242 valence electrons. The van der Waals surface area contributed by atoms with Gasteiger partial charge < -0.3 is 0 Å². The first-order valence-corrected chi connectivity index (χ1v) is 18.1. The summed E-state index contributed by atoms with van der Waals surface area (Å²) in [6.45, 7) is 26.9. The average Bonchev–Trinajstić information content (AvgIpc) is 3.34. The number of fused-ring (bicyclic) bond motifs is 7. The number of carbonyl (C=O) groups excluding carboxylic acids is 2. The summed E-state index contributed by atoms with van der Waals surface area (Å²) >= 11 is 0. The van der Waals surface area contributed by atoms with Gasteiger partial charge in [0.15, 0.2) is 0 Å². The maximum absolute atomic E-state index is 14.7. The van der Waals surface area contributed by atoms with E-state index < -0.39 is 0 Å². The predicted octanol–water partition coefficient (Wildman–Crippen LogP) is 8.89. The molecule has 0 saturated heterocycles. The molecule has 3 N–H and O–H groups in total. The molecule has 0 spiro atoms. The maximum atomic E-state index is 14.7. The highest BCUT2D eigenvalue weighted by Gasteiger charge is 2.71. The molecule has 6 rings (SSSR count). The first kappa shape index (κ1) is 31.8. The van der Waals surface area contributed by atoms with Crippen molar-refractivity contribution >= 4 is 11.7 Å². The topological polar surface area (TPSA) is 72.2 Å². The summed E-state index contributed by atoms with van der Waals surface area (Å²) in [5.74, 6) is 9.98. The van der Waals surface area contributed by atoms with Crippen LogP contribution in [0.3, 0.4) is 0 Å². The zero-order chi connectivity index (χ0) is 31.5. The zero-order valence-corrected chi connectivity index (χ0v) is 29.2. The van der Waals surface area contributed by atoms with Crippen molar-refractivity contribution in [1.29, 1.82) is 0 Å². The van der Waals surface area contributed by atoms with E-state index in [-0.39, 0.29) is 34.0 Å². The number of nitrogens with one attached hydrogen (secondary N) is 1. The van der Waals surface area contributed by atoms with E-state index in [4.69, 9.17) is 5.84 Å². The van der Waals surface area contributed by atoms with Crippen molar-refractivity contribution in [3.63, 3.8) is 0 Å². The highest BCUT2D eigenvalue weighted by molar-refractivity contribution is 5.87. The number of allylic oxidation sites excluding steroid dienone is 1. The fourth-order valence-electron chi connectivity index (χ4n) is 14.1. The Bertz CT molecular complexity index is 1190. The van der Waals surface area contributed by atoms with Crippen LogP contribution in [0.15, 0.2) is 12.2 Å². The third kappa shape index (κ3) is 4.02. The van der Waals surface area contributed by atoms with Crippen LogP contribution in [-0.2, 0) is 9.59 Å². The Labute approximate surface area is 263 Å². The zero-order valence-electron chi connectivity index (χ0n) is 29.2. The lowest BCUT2D eigenvalue weighted by Crippen LogP contribution is -2.66. The Balaban J connectivity index is 1.32. The third-order valence-corrected chi connectivity index (χ3v) is 17.5. The van der Waals surface area contributed by atoms with Gasteiger partial charge in [-0.15, -0.1) is 0 Å². The Kier molecular flexibility index (Phi) is 7.34. The molecular formula is C39H64N2O2. The Morgan fingerprint density at radius 1 is 0.814 bits per heavy atom. The normalized spacial score (nSPS) is 51.1. The molecule has 6 aliphatic carbocycles. The number of hydrogen-bond acceptors (Lipinski definition) is 3. The lowest BCUT2D eigenvalue weighted by Gasteiger charge is -2.73. The molecule has 6 aliphatic rings. The van der Waals surface area contributed by atoms with Crippen LogP contribution in [0.2, 0.25) is 0 Å². The van der Waals surface area contributed by atoms with Crippen LogP contribution in [0.1, 0.15) is 139 Å². The molecule has 4 heteroatoms. The fraction of sp³-hybridized carbons (Fsp3) is 0.897. The van der Waals surface area contributed by atoms with Gasteiger partial charge in [0.2, 0.25) is 5.91 Å². The van der Waals surface area contributed by atoms with E-state index in [2.05, 4.69) is 74.3 Å². The molecule has 0 unspecified atom stereocenters. The number of Topliss-reactive ketones (excluding diaryl/α,β-unsaturated/α-hetero) is 1. The monoisotopic (exact) mass is 592 g/mol. The van der Waals surface area contributed by atoms with Crippen molar-refractivity contribution in [3.05, 3.63) is 12.2 Å². The van der Waals surface area contributed by atoms with Gasteiger partial charge in [0.05, 0.1) is 0 Å². The number of nitrogens with two attached hydrogens (primary N) is 1. The van der Waals surface area contributed by atoms with E-state index in [1.807, 2.05) is 0 Å². The SMILES string of the molecule is C=C(C)[C@@H]1CC[C@]2(C(=O)C[C@@H]3C[C@H](C(=O)NN)C3(C)C)CC[C@]3(C)[C@H](CC[C@@H]4[C@@]5(C)CC[C@H](C)C(C)(C)[C@@H]5CC[C@]43C)[C@@H]12. The second kappa shape index (κ2) is 9.92. The van der Waals surface area contributed by atoms with Gasteiger partial charge in [-0.1, -0.05) is 67.5 Å². The minimum atomic E-state index is -0.211. The lowest BCUT2D eigenvalue weighted by atomic mass is 9.31. The summed E-state index contributed by atoms with van der Waals surface area (Å²) in [5.41, 5.74) is 4.70. The minimum Gasteiger partial charge on any atom is -0.299 e. The standard InChI is InChI=1S/C39H64N2O2/c1-23(2)26-14-18-39(31(42)22-25-21-28(33(43)41-40)35(25,6)7)20-19-37(9)27(32(26)39)11-12-30-36(8)16-13-24(3)34(4,5)29(36)15-17-38(30,37)10/h24-30,32H,1,11-22,40H2,2-10H3,(H,41,43)/t24-,25-,26-,27+,28+,29-,30+,32+,36-,37+,38+,39+/m0/s1. The number of hydrazine groups is 1. The third-order valence-electron chi connectivity index (χ3n) is 17.5. The summed E-state index contributed by atoms with van der Waals surface area (Å²) in [6, 6.07) is 0. The Morgan fingerprint density at radius 3 is 2.14 bits per heavy atom. The van der Waals surface area contributed by atoms with Crippen LogP contribution < -0.4 is 11.3 Å². The molecule has 0 radical (unpaired) electrons. The van der Waals surface area contributed by atoms with Crippen molar-refractivity contribution in [1.82, 2.24) is 5.43 Å². The van der Waals surface area contributed by atoms with Crippen molar-refractivity contribution in [3.8, 4) is 0 Å². The number of carbonyl (C=O) groups is 2. The van der Waals surface area contributed by atoms with Gasteiger partial charge in [-0.05, 0) is 146 Å². The molecule has 6 fully saturated rings. The van der Waals surface area contributed by atoms with E-state index in [9.17, 15) is 9.59 Å². The van der Waals surface area contributed by atoms with Crippen LogP contribution in [0, 0.1) is 79.8 Å². The summed E-state index contributed by atoms with van der Waals surface area (Å²) in [5, 5.41) is 0. The van der Waals surface area contributed by atoms with Gasteiger partial charge in [0.1, 0.15) is 5.78 Å². The summed E-state index contributed by atoms with van der Waals surface area (Å²) in [7, 11) is 0. The number of ketones is 1. The Morgan fingerprint density at radius 2 is 1.51 bits per heavy atom.